The molecule has 5 nitrogen and oxygen atoms in total. The molecule has 172 valence electrons. The maximum atomic E-state index is 13.8. The Morgan fingerprint density at radius 1 is 1.06 bits per heavy atom. The molecule has 0 saturated carbocycles. The minimum atomic E-state index is -4.60. The van der Waals surface area contributed by atoms with Gasteiger partial charge in [0, 0.05) is 34.6 Å². The van der Waals surface area contributed by atoms with E-state index in [9.17, 15) is 27.5 Å². The molecule has 0 radical (unpaired) electrons. The largest absolute Gasteiger partial charge is 0.483 e. The SMILES string of the molecule is CC(C)(O)c1ccc(N2Cc3c(ccnc3-c3ccc(F)cc3OCC(F)(F)F)C2=O)cc1. The van der Waals surface area contributed by atoms with Gasteiger partial charge in [-0.05, 0) is 49.7 Å². The number of aliphatic hydroxyl groups is 1. The molecule has 0 fully saturated rings. The van der Waals surface area contributed by atoms with E-state index in [1.807, 2.05) is 0 Å². The van der Waals surface area contributed by atoms with Gasteiger partial charge in [-0.2, -0.15) is 13.2 Å². The van der Waals surface area contributed by atoms with E-state index < -0.39 is 24.2 Å². The van der Waals surface area contributed by atoms with E-state index in [1.165, 1.54) is 23.2 Å². The average molecular weight is 460 g/mol. The van der Waals surface area contributed by atoms with Crippen LogP contribution in [0.4, 0.5) is 23.2 Å². The average Bonchev–Trinajstić information content (AvgIpc) is 3.08. The fourth-order valence-electron chi connectivity index (χ4n) is 3.69. The summed E-state index contributed by atoms with van der Waals surface area (Å²) in [5, 5.41) is 10.1. The Morgan fingerprint density at radius 2 is 1.76 bits per heavy atom. The van der Waals surface area contributed by atoms with Crippen LogP contribution in [0.15, 0.2) is 54.7 Å². The number of rotatable bonds is 5. The number of amides is 1. The first-order chi connectivity index (χ1) is 15.4. The Kier molecular flexibility index (Phi) is 5.61. The molecule has 0 spiro atoms. The summed E-state index contributed by atoms with van der Waals surface area (Å²) in [4.78, 5) is 18.8. The number of halogens is 4. The minimum absolute atomic E-state index is 0.120. The van der Waals surface area contributed by atoms with Gasteiger partial charge in [0.2, 0.25) is 0 Å². The summed E-state index contributed by atoms with van der Waals surface area (Å²) < 4.78 is 56.7. The van der Waals surface area contributed by atoms with E-state index in [4.69, 9.17) is 4.74 Å². The summed E-state index contributed by atoms with van der Waals surface area (Å²) >= 11 is 0. The second-order valence-corrected chi connectivity index (χ2v) is 8.23. The first-order valence-electron chi connectivity index (χ1n) is 10.1. The zero-order valence-electron chi connectivity index (χ0n) is 17.8. The quantitative estimate of drug-likeness (QED) is 0.531. The Morgan fingerprint density at radius 3 is 2.39 bits per heavy atom. The van der Waals surface area contributed by atoms with Gasteiger partial charge in [-0.25, -0.2) is 4.39 Å². The van der Waals surface area contributed by atoms with E-state index in [0.29, 0.717) is 22.4 Å². The molecular formula is C24H20F4N2O3. The number of carbonyl (C=O) groups is 1. The second kappa shape index (κ2) is 8.15. The smallest absolute Gasteiger partial charge is 0.422 e. The summed E-state index contributed by atoms with van der Waals surface area (Å²) in [5.41, 5.74) is 1.47. The van der Waals surface area contributed by atoms with Gasteiger partial charge in [-0.3, -0.25) is 9.78 Å². The number of hydrogen-bond acceptors (Lipinski definition) is 4. The number of ether oxygens (including phenoxy) is 1. The van der Waals surface area contributed by atoms with Gasteiger partial charge in [-0.1, -0.05) is 12.1 Å². The Balaban J connectivity index is 1.70. The van der Waals surface area contributed by atoms with Crippen molar-refractivity contribution in [3.8, 4) is 17.0 Å². The van der Waals surface area contributed by atoms with E-state index >= 15 is 0 Å². The molecule has 0 bridgehead atoms. The number of nitrogens with zero attached hydrogens (tertiary/aromatic N) is 2. The predicted molar refractivity (Wildman–Crippen MR) is 113 cm³/mol. The van der Waals surface area contributed by atoms with Crippen molar-refractivity contribution in [1.29, 1.82) is 0 Å². The molecule has 0 saturated heterocycles. The van der Waals surface area contributed by atoms with Crippen molar-refractivity contribution in [2.24, 2.45) is 0 Å². The van der Waals surface area contributed by atoms with Crippen molar-refractivity contribution in [1.82, 2.24) is 4.98 Å². The van der Waals surface area contributed by atoms with Crippen LogP contribution in [0.25, 0.3) is 11.3 Å². The van der Waals surface area contributed by atoms with Crippen LogP contribution in [-0.4, -0.2) is 28.8 Å². The van der Waals surface area contributed by atoms with Gasteiger partial charge in [0.25, 0.3) is 5.91 Å². The number of hydrogen-bond donors (Lipinski definition) is 1. The number of pyridine rings is 1. The molecule has 33 heavy (non-hydrogen) atoms. The maximum Gasteiger partial charge on any atom is 0.422 e. The monoisotopic (exact) mass is 460 g/mol. The maximum absolute atomic E-state index is 13.8. The molecule has 1 aliphatic heterocycles. The van der Waals surface area contributed by atoms with E-state index in [0.717, 1.165) is 12.1 Å². The number of aromatic nitrogens is 1. The summed E-state index contributed by atoms with van der Waals surface area (Å²) in [7, 11) is 0. The molecular weight excluding hydrogens is 440 g/mol. The third-order valence-electron chi connectivity index (χ3n) is 5.32. The number of anilines is 1. The molecule has 2 heterocycles. The lowest BCUT2D eigenvalue weighted by Crippen LogP contribution is -2.23. The van der Waals surface area contributed by atoms with Crippen molar-refractivity contribution in [3.63, 3.8) is 0 Å². The third-order valence-corrected chi connectivity index (χ3v) is 5.32. The molecule has 0 unspecified atom stereocenters. The van der Waals surface area contributed by atoms with Gasteiger partial charge < -0.3 is 14.7 Å². The molecule has 0 aliphatic carbocycles. The van der Waals surface area contributed by atoms with Crippen molar-refractivity contribution < 1.29 is 32.2 Å². The minimum Gasteiger partial charge on any atom is -0.483 e. The number of alkyl halides is 3. The fraction of sp³-hybridized carbons (Fsp3) is 0.250. The van der Waals surface area contributed by atoms with Crippen LogP contribution in [0.1, 0.15) is 35.3 Å². The van der Waals surface area contributed by atoms with Gasteiger partial charge in [0.05, 0.1) is 17.8 Å². The lowest BCUT2D eigenvalue weighted by molar-refractivity contribution is -0.153. The first kappa shape index (κ1) is 22.7. The van der Waals surface area contributed by atoms with Gasteiger partial charge in [-0.15, -0.1) is 0 Å². The van der Waals surface area contributed by atoms with E-state index in [1.54, 1.807) is 38.1 Å². The molecule has 1 aromatic heterocycles. The highest BCUT2D eigenvalue weighted by Crippen LogP contribution is 2.38. The highest BCUT2D eigenvalue weighted by Gasteiger charge is 2.33. The molecule has 1 N–H and O–H groups in total. The van der Waals surface area contributed by atoms with Crippen LogP contribution < -0.4 is 9.64 Å². The molecule has 1 amide bonds. The summed E-state index contributed by atoms with van der Waals surface area (Å²) in [6.07, 6.45) is -3.22. The van der Waals surface area contributed by atoms with Crippen LogP contribution >= 0.6 is 0 Å². The lowest BCUT2D eigenvalue weighted by Gasteiger charge is -2.20. The summed E-state index contributed by atoms with van der Waals surface area (Å²) in [5.74, 6) is -1.37. The first-order valence-corrected chi connectivity index (χ1v) is 10.1. The Labute approximate surface area is 187 Å². The van der Waals surface area contributed by atoms with E-state index in [-0.39, 0.29) is 29.5 Å². The van der Waals surface area contributed by atoms with E-state index in [2.05, 4.69) is 4.98 Å². The topological polar surface area (TPSA) is 62.7 Å². The van der Waals surface area contributed by atoms with Crippen LogP contribution in [-0.2, 0) is 12.1 Å². The third kappa shape index (κ3) is 4.68. The van der Waals surface area contributed by atoms with Crippen molar-refractivity contribution in [2.45, 2.75) is 32.2 Å². The van der Waals surface area contributed by atoms with Crippen LogP contribution in [0.3, 0.4) is 0 Å². The van der Waals surface area contributed by atoms with Crippen LogP contribution in [0.5, 0.6) is 5.75 Å². The predicted octanol–water partition coefficient (Wildman–Crippen LogP) is 5.22. The number of benzene rings is 2. The molecule has 1 aliphatic rings. The van der Waals surface area contributed by atoms with Crippen LogP contribution in [0, 0.1) is 5.82 Å². The summed E-state index contributed by atoms with van der Waals surface area (Å²) in [6.45, 7) is 1.84. The number of fused-ring (bicyclic) bond motifs is 1. The summed E-state index contributed by atoms with van der Waals surface area (Å²) in [6, 6.07) is 11.6. The van der Waals surface area contributed by atoms with Crippen LogP contribution in [0.2, 0.25) is 0 Å². The number of carbonyl (C=O) groups excluding carboxylic acids is 1. The van der Waals surface area contributed by atoms with Gasteiger partial charge in [0.15, 0.2) is 6.61 Å². The second-order valence-electron chi connectivity index (χ2n) is 8.23. The molecule has 4 rings (SSSR count). The van der Waals surface area contributed by atoms with Crippen molar-refractivity contribution in [3.05, 3.63) is 77.2 Å². The normalized spacial score (nSPS) is 13.9. The highest BCUT2D eigenvalue weighted by atomic mass is 19.4. The fourth-order valence-corrected chi connectivity index (χ4v) is 3.69. The lowest BCUT2D eigenvalue weighted by atomic mass is 9.98. The zero-order chi connectivity index (χ0) is 24.0. The molecule has 0 atom stereocenters. The standard InChI is InChI=1S/C24H20F4N2O3/c1-23(2,32)14-3-6-16(7-4-14)30-12-19-17(22(30)31)9-10-29-21(19)18-8-5-15(25)11-20(18)33-13-24(26,27)28/h3-11,32H,12-13H2,1-2H3. The van der Waals surface area contributed by atoms with Gasteiger partial charge >= 0.3 is 6.18 Å². The van der Waals surface area contributed by atoms with Crippen molar-refractivity contribution >= 4 is 11.6 Å². The molecule has 3 aromatic rings. The highest BCUT2D eigenvalue weighted by molar-refractivity contribution is 6.11. The van der Waals surface area contributed by atoms with Crippen molar-refractivity contribution in [2.75, 3.05) is 11.5 Å². The Bertz CT molecular complexity index is 1200. The molecule has 2 aromatic carbocycles. The zero-order valence-corrected chi connectivity index (χ0v) is 17.8. The Hall–Kier alpha value is -3.46. The van der Waals surface area contributed by atoms with Gasteiger partial charge in [0.1, 0.15) is 11.6 Å². The molecule has 9 heteroatoms.